The molecule has 0 unspecified atom stereocenters. The quantitative estimate of drug-likeness (QED) is 0.317. The zero-order valence-electron chi connectivity index (χ0n) is 16.1. The van der Waals surface area contributed by atoms with Gasteiger partial charge in [-0.15, -0.1) is 0 Å². The van der Waals surface area contributed by atoms with Gasteiger partial charge >= 0.3 is 5.97 Å². The van der Waals surface area contributed by atoms with Crippen LogP contribution in [0.3, 0.4) is 0 Å². The van der Waals surface area contributed by atoms with Gasteiger partial charge in [-0.25, -0.2) is 0 Å². The van der Waals surface area contributed by atoms with Crippen molar-refractivity contribution in [3.8, 4) is 0 Å². The van der Waals surface area contributed by atoms with Gasteiger partial charge in [0.15, 0.2) is 0 Å². The largest absolute Gasteiger partial charge is 0.469 e. The molecule has 0 aliphatic rings. The third-order valence-electron chi connectivity index (χ3n) is 4.58. The molecule has 0 bridgehead atoms. The number of unbranched alkanes of at least 4 members (excludes halogenated alkanes) is 7. The standard InChI is InChI=1S/C20H40O4/c1-17(2)13-9-7-8-11-15-19(22)18(21)14-10-5-4-6-12-16-20(23)24-3/h17-19,21-22H,4-16H2,1-3H3/t18-,19-/m1/s1. The van der Waals surface area contributed by atoms with Crippen LogP contribution in [0.15, 0.2) is 0 Å². The molecule has 144 valence electrons. The minimum atomic E-state index is -0.587. The molecule has 0 amide bonds. The van der Waals surface area contributed by atoms with E-state index in [1.54, 1.807) is 0 Å². The zero-order chi connectivity index (χ0) is 18.2. The fourth-order valence-electron chi connectivity index (χ4n) is 2.90. The summed E-state index contributed by atoms with van der Waals surface area (Å²) in [5, 5.41) is 20.0. The van der Waals surface area contributed by atoms with E-state index in [9.17, 15) is 15.0 Å². The predicted octanol–water partition coefficient (Wildman–Crippen LogP) is 4.61. The first-order chi connectivity index (χ1) is 11.5. The molecule has 0 aromatic rings. The van der Waals surface area contributed by atoms with E-state index in [0.29, 0.717) is 19.3 Å². The summed E-state index contributed by atoms with van der Waals surface area (Å²) in [4.78, 5) is 11.0. The lowest BCUT2D eigenvalue weighted by Gasteiger charge is -2.17. The van der Waals surface area contributed by atoms with Gasteiger partial charge in [-0.1, -0.05) is 71.6 Å². The van der Waals surface area contributed by atoms with E-state index in [1.807, 2.05) is 0 Å². The fraction of sp³-hybridized carbons (Fsp3) is 0.950. The summed E-state index contributed by atoms with van der Waals surface area (Å²) < 4.78 is 4.60. The third kappa shape index (κ3) is 14.9. The first-order valence-corrected chi connectivity index (χ1v) is 9.90. The van der Waals surface area contributed by atoms with E-state index in [4.69, 9.17) is 0 Å². The summed E-state index contributed by atoms with van der Waals surface area (Å²) in [6, 6.07) is 0. The van der Waals surface area contributed by atoms with Crippen molar-refractivity contribution in [1.82, 2.24) is 0 Å². The Hall–Kier alpha value is -0.610. The topological polar surface area (TPSA) is 66.8 Å². The predicted molar refractivity (Wildman–Crippen MR) is 98.9 cm³/mol. The number of ether oxygens (including phenoxy) is 1. The monoisotopic (exact) mass is 344 g/mol. The highest BCUT2D eigenvalue weighted by molar-refractivity contribution is 5.68. The second kappa shape index (κ2) is 15.9. The zero-order valence-corrected chi connectivity index (χ0v) is 16.1. The van der Waals surface area contributed by atoms with Crippen molar-refractivity contribution >= 4 is 5.97 Å². The average molecular weight is 345 g/mol. The van der Waals surface area contributed by atoms with Crippen LogP contribution in [0, 0.1) is 5.92 Å². The SMILES string of the molecule is COC(=O)CCCCCCC[C@@H](O)[C@H](O)CCCCCCC(C)C. The number of hydrogen-bond acceptors (Lipinski definition) is 4. The Morgan fingerprint density at radius 1 is 0.750 bits per heavy atom. The van der Waals surface area contributed by atoms with Crippen LogP contribution in [0.1, 0.15) is 97.3 Å². The molecular weight excluding hydrogens is 304 g/mol. The lowest BCUT2D eigenvalue weighted by atomic mass is 9.99. The van der Waals surface area contributed by atoms with Gasteiger partial charge < -0.3 is 14.9 Å². The van der Waals surface area contributed by atoms with Gasteiger partial charge in [0, 0.05) is 6.42 Å². The second-order valence-electron chi connectivity index (χ2n) is 7.40. The van der Waals surface area contributed by atoms with Crippen molar-refractivity contribution in [2.75, 3.05) is 7.11 Å². The molecule has 0 saturated heterocycles. The number of aliphatic hydroxyl groups excluding tert-OH is 2. The Morgan fingerprint density at radius 2 is 1.17 bits per heavy atom. The van der Waals surface area contributed by atoms with Crippen molar-refractivity contribution in [3.63, 3.8) is 0 Å². The van der Waals surface area contributed by atoms with E-state index < -0.39 is 12.2 Å². The Bertz CT molecular complexity index is 291. The van der Waals surface area contributed by atoms with Gasteiger partial charge in [0.05, 0.1) is 19.3 Å². The summed E-state index contributed by atoms with van der Waals surface area (Å²) in [5.74, 6) is 0.635. The number of esters is 1. The van der Waals surface area contributed by atoms with Gasteiger partial charge in [-0.2, -0.15) is 0 Å². The molecule has 0 aliphatic heterocycles. The number of carbonyl (C=O) groups is 1. The van der Waals surface area contributed by atoms with Crippen molar-refractivity contribution in [2.45, 2.75) is 110 Å². The number of methoxy groups -OCH3 is 1. The third-order valence-corrected chi connectivity index (χ3v) is 4.58. The average Bonchev–Trinajstić information content (AvgIpc) is 2.55. The number of rotatable bonds is 16. The van der Waals surface area contributed by atoms with Gasteiger partial charge in [0.1, 0.15) is 0 Å². The molecule has 0 aromatic carbocycles. The first-order valence-electron chi connectivity index (χ1n) is 9.90. The normalized spacial score (nSPS) is 13.9. The summed E-state index contributed by atoms with van der Waals surface area (Å²) in [7, 11) is 1.42. The van der Waals surface area contributed by atoms with Gasteiger partial charge in [0.25, 0.3) is 0 Å². The molecule has 0 heterocycles. The molecule has 4 nitrogen and oxygen atoms in total. The lowest BCUT2D eigenvalue weighted by Crippen LogP contribution is -2.25. The Kier molecular flexibility index (Phi) is 15.5. The van der Waals surface area contributed by atoms with E-state index >= 15 is 0 Å². The Balaban J connectivity index is 3.42. The molecule has 0 saturated carbocycles. The summed E-state index contributed by atoms with van der Waals surface area (Å²) in [6.45, 7) is 4.50. The van der Waals surface area contributed by atoms with E-state index in [-0.39, 0.29) is 5.97 Å². The van der Waals surface area contributed by atoms with Gasteiger partial charge in [0.2, 0.25) is 0 Å². The molecule has 2 atom stereocenters. The van der Waals surface area contributed by atoms with Crippen LogP contribution in [0.2, 0.25) is 0 Å². The van der Waals surface area contributed by atoms with E-state index in [0.717, 1.165) is 50.9 Å². The molecule has 4 heteroatoms. The second-order valence-corrected chi connectivity index (χ2v) is 7.40. The van der Waals surface area contributed by atoms with E-state index in [1.165, 1.54) is 26.4 Å². The van der Waals surface area contributed by atoms with Crippen LogP contribution in [0.4, 0.5) is 0 Å². The molecule has 0 fully saturated rings. The molecule has 0 radical (unpaired) electrons. The molecule has 0 rings (SSSR count). The molecule has 2 N–H and O–H groups in total. The maximum absolute atomic E-state index is 11.0. The number of hydrogen-bond donors (Lipinski definition) is 2. The highest BCUT2D eigenvalue weighted by atomic mass is 16.5. The van der Waals surface area contributed by atoms with Crippen LogP contribution < -0.4 is 0 Å². The Labute approximate surface area is 149 Å². The van der Waals surface area contributed by atoms with Crippen molar-refractivity contribution in [2.24, 2.45) is 5.92 Å². The maximum Gasteiger partial charge on any atom is 0.305 e. The van der Waals surface area contributed by atoms with Crippen LogP contribution in [-0.4, -0.2) is 35.5 Å². The number of aliphatic hydroxyl groups is 2. The van der Waals surface area contributed by atoms with Crippen molar-refractivity contribution < 1.29 is 19.7 Å². The lowest BCUT2D eigenvalue weighted by molar-refractivity contribution is -0.140. The summed E-state index contributed by atoms with van der Waals surface area (Å²) in [6.07, 6.45) is 11.6. The molecule has 24 heavy (non-hydrogen) atoms. The maximum atomic E-state index is 11.0. The minimum absolute atomic E-state index is 0.141. The molecule has 0 aliphatic carbocycles. The van der Waals surface area contributed by atoms with Gasteiger partial charge in [-0.3, -0.25) is 4.79 Å². The van der Waals surface area contributed by atoms with Crippen LogP contribution in [0.25, 0.3) is 0 Å². The first kappa shape index (κ1) is 23.4. The Morgan fingerprint density at radius 3 is 1.62 bits per heavy atom. The highest BCUT2D eigenvalue weighted by Gasteiger charge is 2.15. The minimum Gasteiger partial charge on any atom is -0.469 e. The summed E-state index contributed by atoms with van der Waals surface area (Å²) in [5.41, 5.74) is 0. The van der Waals surface area contributed by atoms with Crippen LogP contribution in [0.5, 0.6) is 0 Å². The molecule has 0 spiro atoms. The van der Waals surface area contributed by atoms with Crippen LogP contribution in [-0.2, 0) is 9.53 Å². The van der Waals surface area contributed by atoms with Crippen molar-refractivity contribution in [1.29, 1.82) is 0 Å². The molecular formula is C20H40O4. The highest BCUT2D eigenvalue weighted by Crippen LogP contribution is 2.15. The molecule has 0 aromatic heterocycles. The van der Waals surface area contributed by atoms with Crippen molar-refractivity contribution in [3.05, 3.63) is 0 Å². The number of carbonyl (C=O) groups excluding carboxylic acids is 1. The van der Waals surface area contributed by atoms with Gasteiger partial charge in [-0.05, 0) is 25.2 Å². The smallest absolute Gasteiger partial charge is 0.305 e. The fourth-order valence-corrected chi connectivity index (χ4v) is 2.90. The van der Waals surface area contributed by atoms with E-state index in [2.05, 4.69) is 18.6 Å². The van der Waals surface area contributed by atoms with Crippen LogP contribution >= 0.6 is 0 Å². The summed E-state index contributed by atoms with van der Waals surface area (Å²) >= 11 is 0.